The van der Waals surface area contributed by atoms with Gasteiger partial charge in [-0.3, -0.25) is 29.9 Å². The molecule has 0 saturated heterocycles. The van der Waals surface area contributed by atoms with Crippen molar-refractivity contribution in [3.05, 3.63) is 499 Å². The van der Waals surface area contributed by atoms with E-state index in [1.807, 2.05) is 0 Å². The number of aromatic nitrogens is 6. The molecule has 0 bridgehead atoms. The van der Waals surface area contributed by atoms with E-state index in [1.54, 1.807) is 0 Å². The van der Waals surface area contributed by atoms with Crippen molar-refractivity contribution in [3.63, 3.8) is 0 Å². The Morgan fingerprint density at radius 2 is 0.377 bits per heavy atom. The standard InChI is InChI=1S/C44H40N2.2C40H32N2/c1-27-19-29(3)39(30(4)20-27)23-35-25-41(33-13-9-7-10-14-33)37-17-18-38-42(34-15-11-8-12-16-34)26-36(46-44(38)43(37)45-35)24-40-31(5)21-28(2)22-32(40)6;1-27-11-9-13-29(21-27)23-33-25-37(31-15-5-3-6-16-31)35-19-20-36-38(32-17-7-4-8-18-32)26-34(42-40(36)39(35)41-33)24-30-14-10-12-28(2)22-30;1-27-13-9-11-19-31(27)23-33-25-37(29-15-5-3-6-16-29)35-21-22-36-38(30-17-7-4-8-18-30)26-34(42-40(36)39(35)41-33)24-32-20-12-10-14-28(32)2/h7-22,25-26H,23-24H2,1-6H3;2*3-22,25-26H,23-24H2,1-2H3. The fraction of sp³-hybridized carbons (Fsp3) is 0.129. The molecule has 0 spiro atoms. The SMILES string of the molecule is Cc1cc(C)c(Cc2cc(-c3ccccc3)c3ccc4c(-c5ccccc5)cc(Cc5c(C)cc(C)cc5C)nc4c3n2)c(C)c1.Cc1cccc(Cc2cc(-c3ccccc3)c3ccc4c(-c5ccccc5)cc(Cc5cccc(C)c5)nc4c3n2)c1.Cc1ccccc1Cc1cc(-c2ccccc2)c2ccc3c(-c4ccccc4)cc(Cc4ccccc4C)nc3c2n1. The Labute approximate surface area is 763 Å². The van der Waals surface area contributed by atoms with Crippen LogP contribution in [-0.2, 0) is 38.5 Å². The molecular formula is C124H104N6. The number of pyridine rings is 6. The molecule has 6 heteroatoms. The molecule has 21 rings (SSSR count). The Morgan fingerprint density at radius 1 is 0.162 bits per heavy atom. The zero-order chi connectivity index (χ0) is 88.9. The van der Waals surface area contributed by atoms with Gasteiger partial charge in [0.15, 0.2) is 0 Å². The number of fused-ring (bicyclic) bond motifs is 9. The molecule has 0 aliphatic heterocycles. The van der Waals surface area contributed by atoms with E-state index in [0.717, 1.165) is 138 Å². The molecule has 130 heavy (non-hydrogen) atoms. The molecule has 6 aromatic heterocycles. The Hall–Kier alpha value is -15.2. The summed E-state index contributed by atoms with van der Waals surface area (Å²) < 4.78 is 0. The van der Waals surface area contributed by atoms with Crippen LogP contribution in [-0.4, -0.2) is 29.9 Å². The highest BCUT2D eigenvalue weighted by Gasteiger charge is 2.23. The van der Waals surface area contributed by atoms with Crippen LogP contribution in [0.2, 0.25) is 0 Å². The van der Waals surface area contributed by atoms with Crippen molar-refractivity contribution in [2.45, 2.75) is 108 Å². The lowest BCUT2D eigenvalue weighted by Gasteiger charge is -2.17. The van der Waals surface area contributed by atoms with E-state index >= 15 is 0 Å². The fourth-order valence-electron chi connectivity index (χ4n) is 19.3. The van der Waals surface area contributed by atoms with Gasteiger partial charge in [-0.1, -0.05) is 362 Å². The Bertz CT molecular complexity index is 7290. The van der Waals surface area contributed by atoms with E-state index in [4.69, 9.17) is 29.9 Å². The number of aryl methyl sites for hydroxylation is 10. The predicted octanol–water partition coefficient (Wildman–Crippen LogP) is 31.0. The third-order valence-corrected chi connectivity index (χ3v) is 25.7. The van der Waals surface area contributed by atoms with E-state index in [0.29, 0.717) is 0 Å². The summed E-state index contributed by atoms with van der Waals surface area (Å²) in [5, 5.41) is 6.77. The monoisotopic (exact) mass is 1680 g/mol. The molecule has 0 unspecified atom stereocenters. The van der Waals surface area contributed by atoms with Gasteiger partial charge in [0.25, 0.3) is 0 Å². The maximum absolute atomic E-state index is 5.46. The van der Waals surface area contributed by atoms with Gasteiger partial charge in [-0.25, -0.2) is 0 Å². The van der Waals surface area contributed by atoms with Crippen LogP contribution in [0.15, 0.2) is 376 Å². The van der Waals surface area contributed by atoms with Crippen LogP contribution in [0.3, 0.4) is 0 Å². The first-order valence-electron chi connectivity index (χ1n) is 45.4. The number of benzene rings is 15. The maximum atomic E-state index is 5.46. The van der Waals surface area contributed by atoms with Gasteiger partial charge in [0.2, 0.25) is 0 Å². The van der Waals surface area contributed by atoms with Crippen LogP contribution in [0.4, 0.5) is 0 Å². The van der Waals surface area contributed by atoms with Crippen LogP contribution in [0.25, 0.3) is 132 Å². The summed E-state index contributed by atoms with van der Waals surface area (Å²) >= 11 is 0. The smallest absolute Gasteiger partial charge is 0.0974 e. The third kappa shape index (κ3) is 18.3. The van der Waals surface area contributed by atoms with Crippen molar-refractivity contribution in [1.82, 2.24) is 29.9 Å². The summed E-state index contributed by atoms with van der Waals surface area (Å²) in [4.78, 5) is 32.3. The molecule has 0 aliphatic rings. The molecule has 15 aromatic carbocycles. The van der Waals surface area contributed by atoms with E-state index in [-0.39, 0.29) is 0 Å². The molecule has 0 aliphatic carbocycles. The summed E-state index contributed by atoms with van der Waals surface area (Å²) in [6.45, 7) is 21.9. The molecule has 0 N–H and O–H groups in total. The number of hydrogen-bond donors (Lipinski definition) is 0. The summed E-state index contributed by atoms with van der Waals surface area (Å²) in [5.41, 5.74) is 47.1. The first-order chi connectivity index (χ1) is 63.5. The summed E-state index contributed by atoms with van der Waals surface area (Å²) in [6.07, 6.45) is 4.62. The zero-order valence-corrected chi connectivity index (χ0v) is 75.7. The van der Waals surface area contributed by atoms with Crippen LogP contribution >= 0.6 is 0 Å². The van der Waals surface area contributed by atoms with Crippen molar-refractivity contribution in [2.24, 2.45) is 0 Å². The molecule has 6 heterocycles. The second-order valence-corrected chi connectivity index (χ2v) is 35.4. The lowest BCUT2D eigenvalue weighted by atomic mass is 9.92. The quantitative estimate of drug-likeness (QED) is 0.0797. The molecule has 630 valence electrons. The Balaban J connectivity index is 0.000000127. The highest BCUT2D eigenvalue weighted by atomic mass is 14.8. The summed E-state index contributed by atoms with van der Waals surface area (Å²) in [7, 11) is 0. The predicted molar refractivity (Wildman–Crippen MR) is 547 cm³/mol. The number of rotatable bonds is 18. The fourth-order valence-corrected chi connectivity index (χ4v) is 19.3. The number of nitrogens with zero attached hydrogens (tertiary/aromatic N) is 6. The first-order valence-corrected chi connectivity index (χ1v) is 45.4. The van der Waals surface area contributed by atoms with Gasteiger partial charge in [-0.15, -0.1) is 0 Å². The molecule has 0 saturated carbocycles. The van der Waals surface area contributed by atoms with E-state index in [9.17, 15) is 0 Å². The summed E-state index contributed by atoms with van der Waals surface area (Å²) in [5.74, 6) is 0. The first kappa shape index (κ1) is 84.3. The highest BCUT2D eigenvalue weighted by Crippen LogP contribution is 2.43. The molecule has 0 radical (unpaired) electrons. The topological polar surface area (TPSA) is 77.3 Å². The van der Waals surface area contributed by atoms with Crippen LogP contribution < -0.4 is 0 Å². The minimum absolute atomic E-state index is 0.766. The van der Waals surface area contributed by atoms with Gasteiger partial charge >= 0.3 is 0 Å². The van der Waals surface area contributed by atoms with Crippen molar-refractivity contribution in [1.29, 1.82) is 0 Å². The Kier molecular flexibility index (Phi) is 24.2. The number of hydrogen-bond acceptors (Lipinski definition) is 6. The van der Waals surface area contributed by atoms with Crippen LogP contribution in [0, 0.1) is 69.2 Å². The molecular weight excluding hydrogens is 1570 g/mol. The molecule has 0 atom stereocenters. The van der Waals surface area contributed by atoms with Gasteiger partial charge in [0, 0.05) is 105 Å². The average Bonchev–Trinajstić information content (AvgIpc) is 0.805. The minimum atomic E-state index is 0.766. The van der Waals surface area contributed by atoms with Gasteiger partial charge in [-0.2, -0.15) is 0 Å². The molecule has 0 fully saturated rings. The lowest BCUT2D eigenvalue weighted by Crippen LogP contribution is -2.03. The van der Waals surface area contributed by atoms with Crippen molar-refractivity contribution in [2.75, 3.05) is 0 Å². The second-order valence-electron chi connectivity index (χ2n) is 35.4. The van der Waals surface area contributed by atoms with Crippen LogP contribution in [0.5, 0.6) is 0 Å². The molecule has 6 nitrogen and oxygen atoms in total. The van der Waals surface area contributed by atoms with Crippen molar-refractivity contribution >= 4 is 65.4 Å². The van der Waals surface area contributed by atoms with Crippen molar-refractivity contribution < 1.29 is 0 Å². The maximum Gasteiger partial charge on any atom is 0.0974 e. The third-order valence-electron chi connectivity index (χ3n) is 25.7. The Morgan fingerprint density at radius 3 is 0.608 bits per heavy atom. The zero-order valence-electron chi connectivity index (χ0n) is 75.7. The van der Waals surface area contributed by atoms with Gasteiger partial charge in [0.1, 0.15) is 0 Å². The van der Waals surface area contributed by atoms with E-state index in [1.165, 1.54) is 156 Å². The van der Waals surface area contributed by atoms with E-state index < -0.39 is 0 Å². The highest BCUT2D eigenvalue weighted by molar-refractivity contribution is 6.15. The van der Waals surface area contributed by atoms with Crippen LogP contribution in [0.1, 0.15) is 123 Å². The van der Waals surface area contributed by atoms with Gasteiger partial charge < -0.3 is 0 Å². The van der Waals surface area contributed by atoms with E-state index in [2.05, 4.69) is 445 Å². The van der Waals surface area contributed by atoms with Gasteiger partial charge in [0.05, 0.1) is 33.1 Å². The average molecular weight is 1680 g/mol. The minimum Gasteiger partial charge on any atom is -0.250 e. The van der Waals surface area contributed by atoms with Gasteiger partial charge in [-0.05, 0) is 239 Å². The second kappa shape index (κ2) is 37.4. The largest absolute Gasteiger partial charge is 0.250 e. The summed E-state index contributed by atoms with van der Waals surface area (Å²) in [6, 6.07) is 135. The lowest BCUT2D eigenvalue weighted by molar-refractivity contribution is 1.05. The molecule has 0 amide bonds. The molecule has 21 aromatic rings. The normalized spacial score (nSPS) is 11.3. The van der Waals surface area contributed by atoms with Crippen molar-refractivity contribution in [3.8, 4) is 66.8 Å².